The zero-order valence-corrected chi connectivity index (χ0v) is 8.27. The molecule has 0 aromatic rings. The van der Waals surface area contributed by atoms with Crippen LogP contribution in [0.15, 0.2) is 0 Å². The Kier molecular flexibility index (Phi) is 5.18. The van der Waals surface area contributed by atoms with Crippen molar-refractivity contribution >= 4 is 17.5 Å². The maximum Gasteiger partial charge on any atom is 0.335 e. The van der Waals surface area contributed by atoms with Gasteiger partial charge in [0, 0.05) is 6.92 Å². The number of carbonyl (C=O) groups is 3. The molecule has 0 unspecified atom stereocenters. The van der Waals surface area contributed by atoms with E-state index in [1.54, 1.807) is 0 Å². The van der Waals surface area contributed by atoms with E-state index in [1.807, 2.05) is 0 Å². The van der Waals surface area contributed by atoms with Gasteiger partial charge < -0.3 is 25.5 Å². The van der Waals surface area contributed by atoms with Gasteiger partial charge in [0.1, 0.15) is 18.3 Å². The molecule has 0 radical (unpaired) electrons. The summed E-state index contributed by atoms with van der Waals surface area (Å²) in [6.45, 7) is 0.832. The van der Waals surface area contributed by atoms with Crippen molar-refractivity contribution in [3.05, 3.63) is 0 Å². The highest BCUT2D eigenvalue weighted by Crippen LogP contribution is 2.06. The smallest absolute Gasteiger partial charge is 0.335 e. The molecule has 5 N–H and O–H groups in total. The van der Waals surface area contributed by atoms with Crippen molar-refractivity contribution < 1.29 is 39.9 Å². The van der Waals surface area contributed by atoms with Crippen LogP contribution in [-0.4, -0.2) is 67.5 Å². The fraction of sp³-hybridized carbons (Fsp3) is 0.625. The molecule has 0 aliphatic rings. The predicted octanol–water partition coefficient (Wildman–Crippen LogP) is -3.33. The van der Waals surface area contributed by atoms with Crippen LogP contribution in [0.1, 0.15) is 6.92 Å². The van der Waals surface area contributed by atoms with Gasteiger partial charge in [-0.1, -0.05) is 0 Å². The minimum absolute atomic E-state index is 0.832. The Morgan fingerprint density at radius 2 is 1.25 bits per heavy atom. The summed E-state index contributed by atoms with van der Waals surface area (Å²) in [7, 11) is 0. The van der Waals surface area contributed by atoms with Gasteiger partial charge in [-0.15, -0.1) is 0 Å². The topological polar surface area (TPSA) is 152 Å². The molecule has 0 saturated heterocycles. The first kappa shape index (κ1) is 14.6. The van der Waals surface area contributed by atoms with Crippen molar-refractivity contribution in [2.24, 2.45) is 0 Å². The van der Waals surface area contributed by atoms with Gasteiger partial charge >= 0.3 is 5.97 Å². The maximum absolute atomic E-state index is 10.9. The van der Waals surface area contributed by atoms with Crippen molar-refractivity contribution in [3.8, 4) is 0 Å². The molecular formula is C8H12O8. The molecular weight excluding hydrogens is 224 g/mol. The minimum atomic E-state index is -2.37. The van der Waals surface area contributed by atoms with Crippen molar-refractivity contribution in [2.75, 3.05) is 0 Å². The molecule has 92 valence electrons. The van der Waals surface area contributed by atoms with E-state index in [0.29, 0.717) is 0 Å². The Morgan fingerprint density at radius 1 is 0.875 bits per heavy atom. The summed E-state index contributed by atoms with van der Waals surface area (Å²) < 4.78 is 0. The SMILES string of the molecule is CC(=O)C(=O)[C@@H](O)[C@@H](O)[C@H](O)[C@H](O)C(=O)O. The van der Waals surface area contributed by atoms with Gasteiger partial charge in [-0.2, -0.15) is 0 Å². The van der Waals surface area contributed by atoms with Crippen molar-refractivity contribution in [1.82, 2.24) is 0 Å². The third-order valence-electron chi connectivity index (χ3n) is 1.87. The van der Waals surface area contributed by atoms with Gasteiger partial charge in [-0.25, -0.2) is 4.79 Å². The molecule has 0 aliphatic carbocycles. The van der Waals surface area contributed by atoms with Crippen LogP contribution in [-0.2, 0) is 14.4 Å². The number of carboxylic acids is 1. The number of ketones is 2. The molecule has 0 aromatic heterocycles. The molecule has 0 fully saturated rings. The largest absolute Gasteiger partial charge is 0.479 e. The third-order valence-corrected chi connectivity index (χ3v) is 1.87. The number of carboxylic acid groups (broad SMARTS) is 1. The Hall–Kier alpha value is -1.35. The van der Waals surface area contributed by atoms with Gasteiger partial charge in [-0.3, -0.25) is 9.59 Å². The van der Waals surface area contributed by atoms with E-state index in [0.717, 1.165) is 6.92 Å². The van der Waals surface area contributed by atoms with Crippen LogP contribution >= 0.6 is 0 Å². The predicted molar refractivity (Wildman–Crippen MR) is 47.4 cm³/mol. The van der Waals surface area contributed by atoms with Gasteiger partial charge in [0.25, 0.3) is 0 Å². The Balaban J connectivity index is 4.67. The molecule has 16 heavy (non-hydrogen) atoms. The van der Waals surface area contributed by atoms with E-state index in [2.05, 4.69) is 0 Å². The lowest BCUT2D eigenvalue weighted by molar-refractivity contribution is -0.166. The Bertz CT molecular complexity index is 298. The van der Waals surface area contributed by atoms with Crippen LogP contribution in [0.25, 0.3) is 0 Å². The van der Waals surface area contributed by atoms with Crippen LogP contribution < -0.4 is 0 Å². The lowest BCUT2D eigenvalue weighted by Gasteiger charge is -2.22. The average Bonchev–Trinajstić information content (AvgIpc) is 2.23. The fourth-order valence-corrected chi connectivity index (χ4v) is 0.883. The lowest BCUT2D eigenvalue weighted by Crippen LogP contribution is -2.51. The summed E-state index contributed by atoms with van der Waals surface area (Å²) in [6, 6.07) is 0. The molecule has 4 atom stereocenters. The number of rotatable bonds is 6. The summed E-state index contributed by atoms with van der Waals surface area (Å²) >= 11 is 0. The number of hydrogen-bond donors (Lipinski definition) is 5. The summed E-state index contributed by atoms with van der Waals surface area (Å²) in [6.07, 6.45) is -9.19. The maximum atomic E-state index is 10.9. The first-order valence-corrected chi connectivity index (χ1v) is 4.20. The first-order valence-electron chi connectivity index (χ1n) is 4.20. The van der Waals surface area contributed by atoms with Gasteiger partial charge in [0.2, 0.25) is 5.78 Å². The standard InChI is InChI=1S/C8H12O8/c1-2(9)3(10)4(11)5(12)6(13)7(14)8(15)16/h4-7,11-14H,1H3,(H,15,16)/t4-,5-,6+,7+/m1/s1. The molecule has 0 aliphatic heterocycles. The van der Waals surface area contributed by atoms with E-state index >= 15 is 0 Å². The van der Waals surface area contributed by atoms with Crippen LogP contribution in [0.5, 0.6) is 0 Å². The zero-order valence-electron chi connectivity index (χ0n) is 8.27. The zero-order chi connectivity index (χ0) is 13.0. The quantitative estimate of drug-likeness (QED) is 0.300. The highest BCUT2D eigenvalue weighted by molar-refractivity contribution is 6.38. The molecule has 8 heteroatoms. The molecule has 0 heterocycles. The number of Topliss-reactive ketones (excluding diaryl/α,β-unsaturated/α-hetero) is 2. The van der Waals surface area contributed by atoms with Crippen LogP contribution in [0.4, 0.5) is 0 Å². The normalized spacial score (nSPS) is 18.3. The lowest BCUT2D eigenvalue weighted by atomic mass is 9.99. The van der Waals surface area contributed by atoms with Crippen LogP contribution in [0.3, 0.4) is 0 Å². The fourth-order valence-electron chi connectivity index (χ4n) is 0.883. The van der Waals surface area contributed by atoms with Gasteiger partial charge in [-0.05, 0) is 0 Å². The van der Waals surface area contributed by atoms with E-state index in [-0.39, 0.29) is 0 Å². The molecule has 0 saturated carbocycles. The van der Waals surface area contributed by atoms with E-state index in [9.17, 15) is 14.4 Å². The van der Waals surface area contributed by atoms with E-state index in [1.165, 1.54) is 0 Å². The van der Waals surface area contributed by atoms with Gasteiger partial charge in [0.05, 0.1) is 0 Å². The highest BCUT2D eigenvalue weighted by atomic mass is 16.4. The second-order valence-corrected chi connectivity index (χ2v) is 3.13. The van der Waals surface area contributed by atoms with Crippen molar-refractivity contribution in [2.45, 2.75) is 31.3 Å². The molecule has 0 amide bonds. The monoisotopic (exact) mass is 236 g/mol. The van der Waals surface area contributed by atoms with Crippen molar-refractivity contribution in [3.63, 3.8) is 0 Å². The highest BCUT2D eigenvalue weighted by Gasteiger charge is 2.38. The van der Waals surface area contributed by atoms with Crippen molar-refractivity contribution in [1.29, 1.82) is 0 Å². The Labute approximate surface area is 89.7 Å². The Morgan fingerprint density at radius 3 is 1.56 bits per heavy atom. The van der Waals surface area contributed by atoms with E-state index < -0.39 is 42.0 Å². The summed E-state index contributed by atoms with van der Waals surface area (Å²) in [4.78, 5) is 31.6. The van der Waals surface area contributed by atoms with Crippen LogP contribution in [0.2, 0.25) is 0 Å². The summed E-state index contributed by atoms with van der Waals surface area (Å²) in [5, 5.41) is 44.3. The number of hydrogen-bond acceptors (Lipinski definition) is 7. The summed E-state index contributed by atoms with van der Waals surface area (Å²) in [5.74, 6) is -4.29. The van der Waals surface area contributed by atoms with Gasteiger partial charge in [0.15, 0.2) is 11.9 Å². The number of carbonyl (C=O) groups excluding carboxylic acids is 2. The number of aliphatic carboxylic acids is 1. The number of aliphatic hydroxyl groups excluding tert-OH is 4. The van der Waals surface area contributed by atoms with Crippen LogP contribution in [0, 0.1) is 0 Å². The second kappa shape index (κ2) is 5.66. The number of aliphatic hydroxyl groups is 4. The first-order chi connectivity index (χ1) is 7.20. The molecule has 0 rings (SSSR count). The molecule has 0 spiro atoms. The minimum Gasteiger partial charge on any atom is -0.479 e. The average molecular weight is 236 g/mol. The second-order valence-electron chi connectivity index (χ2n) is 3.13. The molecule has 0 bridgehead atoms. The van der Waals surface area contributed by atoms with E-state index in [4.69, 9.17) is 25.5 Å². The molecule has 8 nitrogen and oxygen atoms in total. The molecule has 0 aromatic carbocycles. The summed E-state index contributed by atoms with van der Waals surface area (Å²) in [5.41, 5.74) is 0. The third kappa shape index (κ3) is 3.35.